The van der Waals surface area contributed by atoms with Crippen molar-refractivity contribution in [2.75, 3.05) is 24.6 Å². The second-order valence-corrected chi connectivity index (χ2v) is 8.03. The van der Waals surface area contributed by atoms with Crippen molar-refractivity contribution >= 4 is 34.4 Å². The van der Waals surface area contributed by atoms with E-state index in [1.165, 1.54) is 17.2 Å². The summed E-state index contributed by atoms with van der Waals surface area (Å²) >= 11 is 6.04. The number of carbonyl (C=O) groups is 1. The lowest BCUT2D eigenvalue weighted by Gasteiger charge is -2.25. The van der Waals surface area contributed by atoms with Crippen LogP contribution in [0.3, 0.4) is 0 Å². The molecule has 1 aliphatic heterocycles. The number of aromatic nitrogens is 4. The molecule has 0 aromatic carbocycles. The number of halogens is 5. The van der Waals surface area contributed by atoms with Crippen LogP contribution in [0, 0.1) is 5.82 Å². The molecule has 0 radical (unpaired) electrons. The first-order valence-corrected chi connectivity index (χ1v) is 10.5. The van der Waals surface area contributed by atoms with Crippen LogP contribution in [0.5, 0.6) is 0 Å². The van der Waals surface area contributed by atoms with Gasteiger partial charge in [0.1, 0.15) is 18.2 Å². The quantitative estimate of drug-likeness (QED) is 0.381. The van der Waals surface area contributed by atoms with Crippen molar-refractivity contribution in [2.24, 2.45) is 0 Å². The highest BCUT2D eigenvalue weighted by Gasteiger charge is 2.40. The molecular weight excluding hydrogens is 480 g/mol. The van der Waals surface area contributed by atoms with E-state index in [4.69, 9.17) is 16.3 Å². The van der Waals surface area contributed by atoms with Crippen molar-refractivity contribution in [1.29, 1.82) is 0 Å². The van der Waals surface area contributed by atoms with Gasteiger partial charge in [0.2, 0.25) is 5.91 Å². The summed E-state index contributed by atoms with van der Waals surface area (Å²) in [5, 5.41) is 2.83. The van der Waals surface area contributed by atoms with Gasteiger partial charge in [-0.15, -0.1) is 6.58 Å². The molecular formula is C21H19ClF4N6O2. The number of anilines is 1. The minimum absolute atomic E-state index is 0.0343. The van der Waals surface area contributed by atoms with Crippen LogP contribution in [-0.2, 0) is 9.53 Å². The maximum atomic E-state index is 14.9. The van der Waals surface area contributed by atoms with Gasteiger partial charge in [0.15, 0.2) is 17.5 Å². The number of fused-ring (bicyclic) bond motifs is 1. The Bertz CT molecular complexity index is 1220. The summed E-state index contributed by atoms with van der Waals surface area (Å²) in [5.41, 5.74) is 1.00. The van der Waals surface area contributed by atoms with Gasteiger partial charge in [-0.05, 0) is 6.07 Å². The van der Waals surface area contributed by atoms with Crippen LogP contribution in [0.2, 0.25) is 5.02 Å². The zero-order valence-electron chi connectivity index (χ0n) is 17.6. The van der Waals surface area contributed by atoms with Crippen LogP contribution in [0.1, 0.15) is 6.42 Å². The van der Waals surface area contributed by atoms with Gasteiger partial charge >= 0.3 is 6.18 Å². The number of nitrogens with zero attached hydrogens (tertiary/aromatic N) is 4. The van der Waals surface area contributed by atoms with Crippen LogP contribution >= 0.6 is 11.6 Å². The van der Waals surface area contributed by atoms with E-state index in [1.54, 1.807) is 12.3 Å². The van der Waals surface area contributed by atoms with Gasteiger partial charge in [-0.25, -0.2) is 19.3 Å². The molecule has 180 valence electrons. The van der Waals surface area contributed by atoms with Crippen molar-refractivity contribution in [2.45, 2.75) is 24.7 Å². The fourth-order valence-corrected chi connectivity index (χ4v) is 3.92. The van der Waals surface area contributed by atoms with Gasteiger partial charge < -0.3 is 19.9 Å². The zero-order valence-corrected chi connectivity index (χ0v) is 18.3. The van der Waals surface area contributed by atoms with Crippen molar-refractivity contribution in [1.82, 2.24) is 25.3 Å². The van der Waals surface area contributed by atoms with Gasteiger partial charge in [-0.2, -0.15) is 13.2 Å². The van der Waals surface area contributed by atoms with Gasteiger partial charge in [0.25, 0.3) is 0 Å². The highest BCUT2D eigenvalue weighted by molar-refractivity contribution is 6.31. The second-order valence-electron chi connectivity index (χ2n) is 7.60. The minimum Gasteiger partial charge on any atom is -0.372 e. The van der Waals surface area contributed by atoms with E-state index in [1.807, 2.05) is 5.32 Å². The normalized spacial score (nSPS) is 18.4. The van der Waals surface area contributed by atoms with E-state index in [9.17, 15) is 22.4 Å². The van der Waals surface area contributed by atoms with Crippen LogP contribution in [0.15, 0.2) is 37.3 Å². The first-order chi connectivity index (χ1) is 16.2. The van der Waals surface area contributed by atoms with Crippen molar-refractivity contribution in [3.63, 3.8) is 0 Å². The van der Waals surface area contributed by atoms with Crippen molar-refractivity contribution in [3.8, 4) is 11.4 Å². The molecule has 1 amide bonds. The molecule has 3 aromatic heterocycles. The first-order valence-electron chi connectivity index (χ1n) is 10.2. The first kappa shape index (κ1) is 23.9. The summed E-state index contributed by atoms with van der Waals surface area (Å²) in [5.74, 6) is -1.86. The molecule has 1 unspecified atom stereocenters. The molecule has 0 saturated carbocycles. The van der Waals surface area contributed by atoms with E-state index in [0.29, 0.717) is 21.6 Å². The predicted molar refractivity (Wildman–Crippen MR) is 117 cm³/mol. The standard InChI is InChI=1S/C21H19ClF4N6O2/c1-2-3-34-12-5-16(20(33)30-10-21(24,25)26)32(9-12)19-15(23)8-29-18(31-19)14-7-28-17-13(14)4-11(22)6-27-17/h2,4,6-8,12,16H,1,3,5,9-10H2,(H,27,28)(H,30,33)/t12?,16-/m0/s1. The van der Waals surface area contributed by atoms with Crippen molar-refractivity contribution in [3.05, 3.63) is 48.2 Å². The SMILES string of the molecule is C=CCOC1C[C@@H](C(=O)NCC(F)(F)F)N(c2nc(-c3c[nH]c4ncc(Cl)cc34)ncc2F)C1. The maximum absolute atomic E-state index is 14.9. The summed E-state index contributed by atoms with van der Waals surface area (Å²) in [6.07, 6.45) is 0.391. The molecule has 2 atom stereocenters. The van der Waals surface area contributed by atoms with Crippen LogP contribution in [-0.4, -0.2) is 63.9 Å². The highest BCUT2D eigenvalue weighted by Crippen LogP contribution is 2.32. The van der Waals surface area contributed by atoms with E-state index in [2.05, 4.69) is 26.5 Å². The van der Waals surface area contributed by atoms with Crippen LogP contribution < -0.4 is 10.2 Å². The maximum Gasteiger partial charge on any atom is 0.405 e. The average Bonchev–Trinajstić information content (AvgIpc) is 3.40. The molecule has 0 spiro atoms. The summed E-state index contributed by atoms with van der Waals surface area (Å²) in [6.45, 7) is 2.25. The number of pyridine rings is 1. The molecule has 4 rings (SSSR count). The van der Waals surface area contributed by atoms with E-state index in [-0.39, 0.29) is 31.2 Å². The molecule has 8 nitrogen and oxygen atoms in total. The monoisotopic (exact) mass is 498 g/mol. The molecule has 4 heterocycles. The zero-order chi connectivity index (χ0) is 24.5. The third kappa shape index (κ3) is 5.12. The number of amides is 1. The Hall–Kier alpha value is -3.25. The Morgan fingerprint density at radius 3 is 2.91 bits per heavy atom. The number of rotatable bonds is 7. The Morgan fingerprint density at radius 2 is 2.18 bits per heavy atom. The third-order valence-corrected chi connectivity index (χ3v) is 5.42. The lowest BCUT2D eigenvalue weighted by molar-refractivity contribution is -0.139. The van der Waals surface area contributed by atoms with Gasteiger partial charge in [0.05, 0.1) is 23.9 Å². The Morgan fingerprint density at radius 1 is 1.38 bits per heavy atom. The number of carbonyl (C=O) groups excluding carboxylic acids is 1. The number of hydrogen-bond donors (Lipinski definition) is 2. The number of alkyl halides is 3. The molecule has 1 saturated heterocycles. The van der Waals surface area contributed by atoms with Gasteiger partial charge in [-0.1, -0.05) is 17.7 Å². The minimum atomic E-state index is -4.59. The Labute approximate surface area is 196 Å². The number of aromatic amines is 1. The Kier molecular flexibility index (Phi) is 6.71. The van der Waals surface area contributed by atoms with Gasteiger partial charge in [-0.3, -0.25) is 4.79 Å². The highest BCUT2D eigenvalue weighted by atomic mass is 35.5. The number of ether oxygens (including phenoxy) is 1. The lowest BCUT2D eigenvalue weighted by Crippen LogP contribution is -2.46. The van der Waals surface area contributed by atoms with E-state index < -0.39 is 36.6 Å². The molecule has 2 N–H and O–H groups in total. The van der Waals surface area contributed by atoms with Crippen LogP contribution in [0.4, 0.5) is 23.4 Å². The van der Waals surface area contributed by atoms with Gasteiger partial charge in [0, 0.05) is 36.3 Å². The lowest BCUT2D eigenvalue weighted by atomic mass is 10.2. The molecule has 34 heavy (non-hydrogen) atoms. The molecule has 0 bridgehead atoms. The topological polar surface area (TPSA) is 96.0 Å². The molecule has 3 aromatic rings. The largest absolute Gasteiger partial charge is 0.405 e. The molecule has 1 aliphatic rings. The number of hydrogen-bond acceptors (Lipinski definition) is 6. The number of nitrogens with one attached hydrogen (secondary N) is 2. The smallest absolute Gasteiger partial charge is 0.372 e. The molecule has 13 heteroatoms. The second kappa shape index (κ2) is 9.55. The van der Waals surface area contributed by atoms with E-state index >= 15 is 0 Å². The molecule has 0 aliphatic carbocycles. The third-order valence-electron chi connectivity index (χ3n) is 5.21. The number of H-pyrrole nitrogens is 1. The average molecular weight is 499 g/mol. The van der Waals surface area contributed by atoms with E-state index in [0.717, 1.165) is 6.20 Å². The fourth-order valence-electron chi connectivity index (χ4n) is 3.76. The summed E-state index contributed by atoms with van der Waals surface area (Å²) in [7, 11) is 0. The summed E-state index contributed by atoms with van der Waals surface area (Å²) in [6, 6.07) is 0.512. The van der Waals surface area contributed by atoms with Crippen LogP contribution in [0.25, 0.3) is 22.4 Å². The Balaban J connectivity index is 1.68. The summed E-state index contributed by atoms with van der Waals surface area (Å²) < 4.78 is 58.3. The summed E-state index contributed by atoms with van der Waals surface area (Å²) in [4.78, 5) is 29.4. The molecule has 1 fully saturated rings. The van der Waals surface area contributed by atoms with Crippen molar-refractivity contribution < 1.29 is 27.1 Å². The fraction of sp³-hybridized carbons (Fsp3) is 0.333. The predicted octanol–water partition coefficient (Wildman–Crippen LogP) is 3.64.